The van der Waals surface area contributed by atoms with Gasteiger partial charge in [-0.3, -0.25) is 0 Å². The third kappa shape index (κ3) is 2.87. The Balaban J connectivity index is 2.17. The van der Waals surface area contributed by atoms with Crippen molar-refractivity contribution in [2.45, 2.75) is 26.4 Å². The van der Waals surface area contributed by atoms with E-state index in [4.69, 9.17) is 9.47 Å². The Labute approximate surface area is 113 Å². The number of aryl methyl sites for hydroxylation is 1. The normalized spacial score (nSPS) is 19.0. The molecule has 0 aliphatic carbocycles. The molecule has 0 aromatic heterocycles. The fraction of sp³-hybridized carbons (Fsp3) is 0.312. The van der Waals surface area contributed by atoms with Crippen LogP contribution in [0.3, 0.4) is 0 Å². The summed E-state index contributed by atoms with van der Waals surface area (Å²) in [7, 11) is 1.66. The lowest BCUT2D eigenvalue weighted by molar-refractivity contribution is -0.137. The average Bonchev–Trinajstić information content (AvgIpc) is 2.70. The Morgan fingerprint density at radius 2 is 2.16 bits per heavy atom. The summed E-state index contributed by atoms with van der Waals surface area (Å²) < 4.78 is 10.5. The van der Waals surface area contributed by atoms with Crippen LogP contribution in [0.15, 0.2) is 30.4 Å². The first-order valence-corrected chi connectivity index (χ1v) is 6.23. The summed E-state index contributed by atoms with van der Waals surface area (Å²) in [4.78, 5) is 11.2. The zero-order valence-electron chi connectivity index (χ0n) is 11.5. The van der Waals surface area contributed by atoms with E-state index >= 15 is 0 Å². The lowest BCUT2D eigenvalue weighted by atomic mass is 10.0. The summed E-state index contributed by atoms with van der Waals surface area (Å²) >= 11 is 0. The zero-order valence-corrected chi connectivity index (χ0v) is 11.5. The van der Waals surface area contributed by atoms with Crippen molar-refractivity contribution in [3.63, 3.8) is 0 Å². The van der Waals surface area contributed by atoms with E-state index in [9.17, 15) is 4.79 Å². The van der Waals surface area contributed by atoms with Gasteiger partial charge in [-0.05, 0) is 42.7 Å². The zero-order chi connectivity index (χ0) is 14.0. The van der Waals surface area contributed by atoms with Crippen LogP contribution in [-0.2, 0) is 9.53 Å². The molecule has 1 aromatic rings. The van der Waals surface area contributed by atoms with Crippen molar-refractivity contribution in [3.8, 4) is 5.75 Å². The molecule has 3 nitrogen and oxygen atoms in total. The monoisotopic (exact) mass is 258 g/mol. The SMILES string of the molecule is C=C1CC(/C=C/c2cc(C)c(C)c(OC)c2)OC1=O. The van der Waals surface area contributed by atoms with Crippen LogP contribution >= 0.6 is 0 Å². The highest BCUT2D eigenvalue weighted by atomic mass is 16.5. The van der Waals surface area contributed by atoms with Crippen molar-refractivity contribution >= 4 is 12.0 Å². The molecule has 0 saturated carbocycles. The minimum atomic E-state index is -0.299. The van der Waals surface area contributed by atoms with E-state index in [2.05, 4.69) is 12.6 Å². The van der Waals surface area contributed by atoms with E-state index in [1.54, 1.807) is 7.11 Å². The highest BCUT2D eigenvalue weighted by Gasteiger charge is 2.24. The smallest absolute Gasteiger partial charge is 0.334 e. The predicted octanol–water partition coefficient (Wildman–Crippen LogP) is 3.20. The van der Waals surface area contributed by atoms with Gasteiger partial charge in [0.1, 0.15) is 11.9 Å². The number of carbonyl (C=O) groups is 1. The standard InChI is InChI=1S/C16H18O3/c1-10-7-13(9-15(18-4)12(10)3)5-6-14-8-11(2)16(17)19-14/h5-7,9,14H,2,8H2,1,3-4H3/b6-5+. The maximum absolute atomic E-state index is 11.2. The molecule has 1 aromatic carbocycles. The Bertz CT molecular complexity index is 539. The van der Waals surface area contributed by atoms with Crippen molar-refractivity contribution in [1.82, 2.24) is 0 Å². The molecule has 1 unspecified atom stereocenters. The van der Waals surface area contributed by atoms with Gasteiger partial charge in [0.15, 0.2) is 0 Å². The summed E-state index contributed by atoms with van der Waals surface area (Å²) in [5.74, 6) is 0.569. The van der Waals surface area contributed by atoms with Crippen molar-refractivity contribution in [1.29, 1.82) is 0 Å². The van der Waals surface area contributed by atoms with Gasteiger partial charge in [0, 0.05) is 12.0 Å². The lowest BCUT2D eigenvalue weighted by Crippen LogP contribution is -2.02. The molecule has 1 aliphatic rings. The van der Waals surface area contributed by atoms with Gasteiger partial charge in [-0.15, -0.1) is 0 Å². The van der Waals surface area contributed by atoms with E-state index in [1.807, 2.05) is 32.1 Å². The lowest BCUT2D eigenvalue weighted by Gasteiger charge is -2.09. The molecule has 0 N–H and O–H groups in total. The first-order chi connectivity index (χ1) is 9.01. The minimum Gasteiger partial charge on any atom is -0.496 e. The first kappa shape index (κ1) is 13.4. The summed E-state index contributed by atoms with van der Waals surface area (Å²) in [6.07, 6.45) is 4.20. The van der Waals surface area contributed by atoms with Crippen molar-refractivity contribution in [2.75, 3.05) is 7.11 Å². The van der Waals surface area contributed by atoms with Crippen LogP contribution in [0.1, 0.15) is 23.1 Å². The highest BCUT2D eigenvalue weighted by molar-refractivity contribution is 5.90. The molecule has 0 spiro atoms. The Morgan fingerprint density at radius 1 is 1.42 bits per heavy atom. The maximum atomic E-state index is 11.2. The van der Waals surface area contributed by atoms with E-state index in [-0.39, 0.29) is 12.1 Å². The quantitative estimate of drug-likeness (QED) is 0.617. The van der Waals surface area contributed by atoms with E-state index < -0.39 is 0 Å². The van der Waals surface area contributed by atoms with Crippen molar-refractivity contribution < 1.29 is 14.3 Å². The summed E-state index contributed by atoms with van der Waals surface area (Å²) in [6, 6.07) is 4.06. The third-order valence-electron chi connectivity index (χ3n) is 3.36. The van der Waals surface area contributed by atoms with E-state index in [0.717, 1.165) is 16.9 Å². The Hall–Kier alpha value is -2.03. The molecule has 1 saturated heterocycles. The van der Waals surface area contributed by atoms with Gasteiger partial charge in [-0.2, -0.15) is 0 Å². The summed E-state index contributed by atoms with van der Waals surface area (Å²) in [5.41, 5.74) is 3.88. The van der Waals surface area contributed by atoms with E-state index in [1.165, 1.54) is 5.56 Å². The van der Waals surface area contributed by atoms with Crippen LogP contribution in [0.25, 0.3) is 6.08 Å². The summed E-state index contributed by atoms with van der Waals surface area (Å²) in [6.45, 7) is 7.75. The van der Waals surface area contributed by atoms with Crippen LogP contribution in [0, 0.1) is 13.8 Å². The van der Waals surface area contributed by atoms with Crippen molar-refractivity contribution in [2.24, 2.45) is 0 Å². The van der Waals surface area contributed by atoms with Gasteiger partial charge in [0.2, 0.25) is 0 Å². The second-order valence-electron chi connectivity index (χ2n) is 4.78. The molecule has 1 heterocycles. The van der Waals surface area contributed by atoms with Crippen molar-refractivity contribution in [3.05, 3.63) is 47.1 Å². The topological polar surface area (TPSA) is 35.5 Å². The Morgan fingerprint density at radius 3 is 2.74 bits per heavy atom. The van der Waals surface area contributed by atoms with E-state index in [0.29, 0.717) is 12.0 Å². The first-order valence-electron chi connectivity index (χ1n) is 6.23. The number of esters is 1. The number of benzene rings is 1. The van der Waals surface area contributed by atoms with Gasteiger partial charge >= 0.3 is 5.97 Å². The fourth-order valence-electron chi connectivity index (χ4n) is 2.08. The largest absolute Gasteiger partial charge is 0.496 e. The van der Waals surface area contributed by atoms with Gasteiger partial charge in [0.05, 0.1) is 7.11 Å². The number of carbonyl (C=O) groups excluding carboxylic acids is 1. The molecule has 1 aliphatic heterocycles. The third-order valence-corrected chi connectivity index (χ3v) is 3.36. The van der Waals surface area contributed by atoms with Gasteiger partial charge < -0.3 is 9.47 Å². The molecule has 2 rings (SSSR count). The molecule has 19 heavy (non-hydrogen) atoms. The minimum absolute atomic E-state index is 0.201. The molecule has 0 radical (unpaired) electrons. The number of cyclic esters (lactones) is 1. The molecular weight excluding hydrogens is 240 g/mol. The number of ether oxygens (including phenoxy) is 2. The molecular formula is C16H18O3. The number of rotatable bonds is 3. The molecule has 3 heteroatoms. The number of hydrogen-bond acceptors (Lipinski definition) is 3. The van der Waals surface area contributed by atoms with Gasteiger partial charge in [-0.1, -0.05) is 18.7 Å². The predicted molar refractivity (Wildman–Crippen MR) is 75.1 cm³/mol. The average molecular weight is 258 g/mol. The molecule has 1 fully saturated rings. The van der Waals surface area contributed by atoms with Gasteiger partial charge in [-0.25, -0.2) is 4.79 Å². The highest BCUT2D eigenvalue weighted by Crippen LogP contribution is 2.25. The van der Waals surface area contributed by atoms with Gasteiger partial charge in [0.25, 0.3) is 0 Å². The molecule has 1 atom stereocenters. The molecule has 0 bridgehead atoms. The van der Waals surface area contributed by atoms with Crippen LogP contribution in [0.4, 0.5) is 0 Å². The van der Waals surface area contributed by atoms with Crippen LogP contribution in [-0.4, -0.2) is 19.2 Å². The molecule has 0 amide bonds. The van der Waals surface area contributed by atoms with Crippen LogP contribution in [0.2, 0.25) is 0 Å². The summed E-state index contributed by atoms with van der Waals surface area (Å²) in [5, 5.41) is 0. The fourth-order valence-corrected chi connectivity index (χ4v) is 2.08. The van der Waals surface area contributed by atoms with Crippen LogP contribution < -0.4 is 4.74 Å². The molecule has 100 valence electrons. The Kier molecular flexibility index (Phi) is 3.74. The second kappa shape index (κ2) is 5.31. The van der Waals surface area contributed by atoms with Crippen LogP contribution in [0.5, 0.6) is 5.75 Å². The second-order valence-corrected chi connectivity index (χ2v) is 4.78. The maximum Gasteiger partial charge on any atom is 0.334 e. The number of methoxy groups -OCH3 is 1. The number of hydrogen-bond donors (Lipinski definition) is 0.